The van der Waals surface area contributed by atoms with Crippen LogP contribution < -0.4 is 5.73 Å². The molecule has 1 rings (SSSR count). The van der Waals surface area contributed by atoms with Gasteiger partial charge in [0.1, 0.15) is 5.69 Å². The van der Waals surface area contributed by atoms with E-state index >= 15 is 0 Å². The maximum atomic E-state index is 5.92. The minimum atomic E-state index is -0.403. The van der Waals surface area contributed by atoms with Crippen LogP contribution in [-0.4, -0.2) is 40.5 Å². The molecule has 0 aromatic carbocycles. The fourth-order valence-corrected chi connectivity index (χ4v) is 1.25. The Morgan fingerprint density at radius 1 is 1.47 bits per heavy atom. The van der Waals surface area contributed by atoms with Gasteiger partial charge in [0.15, 0.2) is 0 Å². The lowest BCUT2D eigenvalue weighted by Gasteiger charge is -2.13. The van der Waals surface area contributed by atoms with Crippen LogP contribution in [0.4, 0.5) is 0 Å². The molecule has 0 amide bonds. The minimum absolute atomic E-state index is 0.403. The predicted octanol–water partition coefficient (Wildman–Crippen LogP) is 0.424. The fraction of sp³-hybridized carbons (Fsp3) is 0.800. The van der Waals surface area contributed by atoms with Crippen molar-refractivity contribution in [2.24, 2.45) is 5.73 Å². The predicted molar refractivity (Wildman–Crippen MR) is 60.4 cm³/mol. The molecule has 1 aromatic rings. The van der Waals surface area contributed by atoms with Gasteiger partial charge in [0.05, 0.1) is 11.7 Å². The van der Waals surface area contributed by atoms with Crippen LogP contribution in [-0.2, 0) is 12.1 Å². The van der Waals surface area contributed by atoms with E-state index in [1.807, 2.05) is 24.7 Å². The Kier molecular flexibility index (Phi) is 3.82. The van der Waals surface area contributed by atoms with Gasteiger partial charge in [-0.25, -0.2) is 0 Å². The summed E-state index contributed by atoms with van der Waals surface area (Å²) in [6.07, 6.45) is 3.00. The van der Waals surface area contributed by atoms with Gasteiger partial charge in [-0.2, -0.15) is 0 Å². The maximum absolute atomic E-state index is 5.92. The summed E-state index contributed by atoms with van der Waals surface area (Å²) in [6.45, 7) is 5.81. The van der Waals surface area contributed by atoms with Gasteiger partial charge in [0.2, 0.25) is 0 Å². The van der Waals surface area contributed by atoms with Crippen molar-refractivity contribution < 1.29 is 0 Å². The van der Waals surface area contributed by atoms with Gasteiger partial charge < -0.3 is 10.6 Å². The first-order valence-electron chi connectivity index (χ1n) is 5.24. The van der Waals surface area contributed by atoms with Gasteiger partial charge in [-0.3, -0.25) is 4.68 Å². The summed E-state index contributed by atoms with van der Waals surface area (Å²) < 4.78 is 1.85. The van der Waals surface area contributed by atoms with Crippen molar-refractivity contribution >= 4 is 0 Å². The zero-order valence-electron chi connectivity index (χ0n) is 10.1. The topological polar surface area (TPSA) is 60.0 Å². The molecule has 86 valence electrons. The van der Waals surface area contributed by atoms with Crippen LogP contribution in [0.15, 0.2) is 6.20 Å². The van der Waals surface area contributed by atoms with Crippen molar-refractivity contribution in [1.82, 2.24) is 19.9 Å². The summed E-state index contributed by atoms with van der Waals surface area (Å²) in [5.41, 5.74) is 6.36. The molecule has 0 atom stereocenters. The van der Waals surface area contributed by atoms with Gasteiger partial charge in [-0.15, -0.1) is 5.10 Å². The maximum Gasteiger partial charge on any atom is 0.102 e. The summed E-state index contributed by atoms with van der Waals surface area (Å²) in [4.78, 5) is 2.16. The number of aromatic nitrogens is 3. The lowest BCUT2D eigenvalue weighted by Crippen LogP contribution is -2.29. The molecule has 0 bridgehead atoms. The summed E-state index contributed by atoms with van der Waals surface area (Å²) in [6, 6.07) is 0. The van der Waals surface area contributed by atoms with Gasteiger partial charge in [0, 0.05) is 6.54 Å². The van der Waals surface area contributed by atoms with Crippen LogP contribution >= 0.6 is 0 Å². The zero-order valence-corrected chi connectivity index (χ0v) is 10.1. The first kappa shape index (κ1) is 12.1. The third-order valence-corrected chi connectivity index (χ3v) is 2.19. The number of hydrogen-bond donors (Lipinski definition) is 1. The average Bonchev–Trinajstić information content (AvgIpc) is 2.51. The highest BCUT2D eigenvalue weighted by molar-refractivity contribution is 5.05. The molecular weight excluding hydrogens is 190 g/mol. The molecule has 0 radical (unpaired) electrons. The van der Waals surface area contributed by atoms with Crippen molar-refractivity contribution in [2.75, 3.05) is 20.6 Å². The molecule has 0 aliphatic heterocycles. The van der Waals surface area contributed by atoms with Crippen LogP contribution in [0.25, 0.3) is 0 Å². The van der Waals surface area contributed by atoms with Crippen molar-refractivity contribution in [3.05, 3.63) is 11.9 Å². The number of rotatable bonds is 5. The molecular formula is C10H21N5. The van der Waals surface area contributed by atoms with E-state index in [2.05, 4.69) is 29.3 Å². The standard InChI is InChI=1S/C10H21N5/c1-10(2,11)9-8-15(13-12-9)7-5-6-14(3)4/h8H,5-7,11H2,1-4H3. The molecule has 0 saturated heterocycles. The van der Waals surface area contributed by atoms with Crippen LogP contribution in [0.1, 0.15) is 26.0 Å². The second kappa shape index (κ2) is 4.72. The van der Waals surface area contributed by atoms with Crippen molar-refractivity contribution in [2.45, 2.75) is 32.4 Å². The molecule has 0 fully saturated rings. The minimum Gasteiger partial charge on any atom is -0.320 e. The number of hydrogen-bond acceptors (Lipinski definition) is 4. The summed E-state index contributed by atoms with van der Waals surface area (Å²) in [5, 5.41) is 8.11. The average molecular weight is 211 g/mol. The van der Waals surface area contributed by atoms with Crippen molar-refractivity contribution in [3.8, 4) is 0 Å². The summed E-state index contributed by atoms with van der Waals surface area (Å²) >= 11 is 0. The Morgan fingerprint density at radius 2 is 2.13 bits per heavy atom. The highest BCUT2D eigenvalue weighted by Crippen LogP contribution is 2.12. The quantitative estimate of drug-likeness (QED) is 0.767. The molecule has 0 aliphatic rings. The number of aryl methyl sites for hydroxylation is 1. The molecule has 0 aliphatic carbocycles. The monoisotopic (exact) mass is 211 g/mol. The second-order valence-electron chi connectivity index (χ2n) is 4.75. The highest BCUT2D eigenvalue weighted by Gasteiger charge is 2.17. The molecule has 0 spiro atoms. The van der Waals surface area contributed by atoms with E-state index in [1.54, 1.807) is 0 Å². The molecule has 2 N–H and O–H groups in total. The van der Waals surface area contributed by atoms with Crippen LogP contribution in [0, 0.1) is 0 Å². The largest absolute Gasteiger partial charge is 0.320 e. The SMILES string of the molecule is CN(C)CCCn1cc(C(C)(C)N)nn1. The van der Waals surface area contributed by atoms with Crippen LogP contribution in [0.3, 0.4) is 0 Å². The molecule has 5 heteroatoms. The number of nitrogens with zero attached hydrogens (tertiary/aromatic N) is 4. The van der Waals surface area contributed by atoms with E-state index in [0.29, 0.717) is 0 Å². The lowest BCUT2D eigenvalue weighted by molar-refractivity contribution is 0.379. The van der Waals surface area contributed by atoms with Gasteiger partial charge in [-0.1, -0.05) is 5.21 Å². The molecule has 0 unspecified atom stereocenters. The second-order valence-corrected chi connectivity index (χ2v) is 4.75. The molecule has 1 aromatic heterocycles. The van der Waals surface area contributed by atoms with Crippen molar-refractivity contribution in [3.63, 3.8) is 0 Å². The van der Waals surface area contributed by atoms with E-state index in [0.717, 1.165) is 25.2 Å². The fourth-order valence-electron chi connectivity index (χ4n) is 1.25. The number of nitrogens with two attached hydrogens (primary N) is 1. The zero-order chi connectivity index (χ0) is 11.5. The molecule has 0 saturated carbocycles. The lowest BCUT2D eigenvalue weighted by atomic mass is 10.0. The van der Waals surface area contributed by atoms with E-state index in [-0.39, 0.29) is 0 Å². The van der Waals surface area contributed by atoms with E-state index in [4.69, 9.17) is 5.73 Å². The van der Waals surface area contributed by atoms with Gasteiger partial charge >= 0.3 is 0 Å². The summed E-state index contributed by atoms with van der Waals surface area (Å²) in [7, 11) is 4.13. The smallest absolute Gasteiger partial charge is 0.102 e. The Bertz CT molecular complexity index is 297. The Labute approximate surface area is 91.2 Å². The summed E-state index contributed by atoms with van der Waals surface area (Å²) in [5.74, 6) is 0. The molecule has 1 heterocycles. The molecule has 5 nitrogen and oxygen atoms in total. The first-order chi connectivity index (χ1) is 6.89. The van der Waals surface area contributed by atoms with E-state index in [1.165, 1.54) is 0 Å². The van der Waals surface area contributed by atoms with Gasteiger partial charge in [-0.05, 0) is 40.9 Å². The van der Waals surface area contributed by atoms with Gasteiger partial charge in [0.25, 0.3) is 0 Å². The van der Waals surface area contributed by atoms with Crippen LogP contribution in [0.5, 0.6) is 0 Å². The van der Waals surface area contributed by atoms with Crippen molar-refractivity contribution in [1.29, 1.82) is 0 Å². The third kappa shape index (κ3) is 3.97. The Morgan fingerprint density at radius 3 is 2.60 bits per heavy atom. The third-order valence-electron chi connectivity index (χ3n) is 2.19. The highest BCUT2D eigenvalue weighted by atomic mass is 15.4. The van der Waals surface area contributed by atoms with E-state index < -0.39 is 5.54 Å². The molecule has 15 heavy (non-hydrogen) atoms. The normalized spacial score (nSPS) is 12.4. The Hall–Kier alpha value is -0.940. The van der Waals surface area contributed by atoms with E-state index in [9.17, 15) is 0 Å². The van der Waals surface area contributed by atoms with Crippen LogP contribution in [0.2, 0.25) is 0 Å². The Balaban J connectivity index is 2.47. The first-order valence-corrected chi connectivity index (χ1v) is 5.24.